The molecule has 10 heteroatoms. The van der Waals surface area contributed by atoms with Gasteiger partial charge in [0.2, 0.25) is 16.9 Å². The Kier molecular flexibility index (Phi) is 4.77. The van der Waals surface area contributed by atoms with E-state index in [9.17, 15) is 18.0 Å². The third kappa shape index (κ3) is 3.86. The second kappa shape index (κ2) is 6.67. The minimum atomic E-state index is -4.57. The number of amides is 1. The number of aromatic nitrogens is 2. The zero-order valence-electron chi connectivity index (χ0n) is 12.3. The largest absolute Gasteiger partial charge is 0.452 e. The van der Waals surface area contributed by atoms with Crippen LogP contribution in [0.1, 0.15) is 11.4 Å². The molecule has 2 aromatic rings. The van der Waals surface area contributed by atoms with Crippen molar-refractivity contribution in [3.63, 3.8) is 0 Å². The Labute approximate surface area is 148 Å². The molecule has 24 heavy (non-hydrogen) atoms. The Morgan fingerprint density at radius 1 is 1.21 bits per heavy atom. The van der Waals surface area contributed by atoms with E-state index >= 15 is 0 Å². The van der Waals surface area contributed by atoms with Crippen molar-refractivity contribution in [1.29, 1.82) is 0 Å². The van der Waals surface area contributed by atoms with Gasteiger partial charge in [0.1, 0.15) is 0 Å². The van der Waals surface area contributed by atoms with Gasteiger partial charge < -0.3 is 9.80 Å². The van der Waals surface area contributed by atoms with E-state index < -0.39 is 12.0 Å². The topological polar surface area (TPSA) is 49.3 Å². The first-order valence-corrected chi connectivity index (χ1v) is 8.57. The summed E-state index contributed by atoms with van der Waals surface area (Å²) in [6, 6.07) is 7.64. The maximum absolute atomic E-state index is 12.6. The Morgan fingerprint density at radius 3 is 2.50 bits per heavy atom. The predicted octanol–water partition coefficient (Wildman–Crippen LogP) is 3.17. The van der Waals surface area contributed by atoms with Gasteiger partial charge in [-0.3, -0.25) is 4.79 Å². The minimum absolute atomic E-state index is 0.00299. The molecule has 0 radical (unpaired) electrons. The third-order valence-electron chi connectivity index (χ3n) is 3.54. The maximum atomic E-state index is 12.6. The van der Waals surface area contributed by atoms with E-state index in [1.165, 1.54) is 4.90 Å². The fourth-order valence-corrected chi connectivity index (χ4v) is 3.28. The smallest absolute Gasteiger partial charge is 0.336 e. The van der Waals surface area contributed by atoms with Crippen LogP contribution in [0.2, 0.25) is 0 Å². The molecule has 5 nitrogen and oxygen atoms in total. The van der Waals surface area contributed by atoms with Crippen molar-refractivity contribution >= 4 is 38.5 Å². The van der Waals surface area contributed by atoms with E-state index in [-0.39, 0.29) is 17.6 Å². The highest BCUT2D eigenvalue weighted by atomic mass is 79.9. The van der Waals surface area contributed by atoms with E-state index in [4.69, 9.17) is 0 Å². The zero-order valence-corrected chi connectivity index (χ0v) is 14.7. The molecule has 0 saturated carbocycles. The molecule has 0 unspecified atom stereocenters. The van der Waals surface area contributed by atoms with Gasteiger partial charge in [-0.25, -0.2) is 0 Å². The lowest BCUT2D eigenvalue weighted by molar-refractivity contribution is -0.144. The summed E-state index contributed by atoms with van der Waals surface area (Å²) in [5.41, 5.74) is 0.996. The average molecular weight is 421 g/mol. The number of carbonyl (C=O) groups excluding carboxylic acids is 1. The van der Waals surface area contributed by atoms with Gasteiger partial charge in [0.15, 0.2) is 0 Å². The van der Waals surface area contributed by atoms with Crippen molar-refractivity contribution in [1.82, 2.24) is 14.3 Å². The summed E-state index contributed by atoms with van der Waals surface area (Å²) in [6.07, 6.45) is -4.57. The number of piperazine rings is 1. The van der Waals surface area contributed by atoms with Crippen LogP contribution < -0.4 is 4.90 Å². The number of halogens is 4. The van der Waals surface area contributed by atoms with Crippen LogP contribution in [0.15, 0.2) is 28.7 Å². The number of rotatable bonds is 3. The van der Waals surface area contributed by atoms with Crippen LogP contribution in [0, 0.1) is 0 Å². The summed E-state index contributed by atoms with van der Waals surface area (Å²) in [6.45, 7) is 1.33. The van der Waals surface area contributed by atoms with Gasteiger partial charge in [0, 0.05) is 35.6 Å². The molecule has 3 rings (SSSR count). The molecule has 1 aliphatic rings. The Morgan fingerprint density at radius 2 is 1.92 bits per heavy atom. The first-order valence-electron chi connectivity index (χ1n) is 7.01. The van der Waals surface area contributed by atoms with Crippen molar-refractivity contribution in [3.05, 3.63) is 40.1 Å². The molecule has 0 atom stereocenters. The van der Waals surface area contributed by atoms with Crippen LogP contribution in [0.3, 0.4) is 0 Å². The monoisotopic (exact) mass is 420 g/mol. The van der Waals surface area contributed by atoms with Gasteiger partial charge in [-0.1, -0.05) is 28.1 Å². The van der Waals surface area contributed by atoms with E-state index in [1.54, 1.807) is 4.90 Å². The predicted molar refractivity (Wildman–Crippen MR) is 86.7 cm³/mol. The van der Waals surface area contributed by atoms with Crippen LogP contribution in [-0.4, -0.2) is 39.8 Å². The van der Waals surface area contributed by atoms with E-state index in [0.717, 1.165) is 10.0 Å². The summed E-state index contributed by atoms with van der Waals surface area (Å²) < 4.78 is 42.0. The Balaban J connectivity index is 1.64. The number of hydrogen-bond acceptors (Lipinski definition) is 5. The number of nitrogens with zero attached hydrogens (tertiary/aromatic N) is 4. The van der Waals surface area contributed by atoms with Gasteiger partial charge in [-0.15, -0.1) is 0 Å². The van der Waals surface area contributed by atoms with Crippen molar-refractivity contribution < 1.29 is 18.0 Å². The summed E-state index contributed by atoms with van der Waals surface area (Å²) in [4.78, 5) is 19.0. The molecule has 1 amide bonds. The second-order valence-electron chi connectivity index (χ2n) is 5.26. The van der Waals surface area contributed by atoms with E-state index in [2.05, 4.69) is 25.3 Å². The molecule has 0 N–H and O–H groups in total. The van der Waals surface area contributed by atoms with Crippen LogP contribution in [0.25, 0.3) is 0 Å². The normalized spacial score (nSPS) is 15.9. The number of benzene rings is 1. The Bertz CT molecular complexity index is 734. The third-order valence-corrected chi connectivity index (χ3v) is 4.85. The molecule has 1 fully saturated rings. The van der Waals surface area contributed by atoms with E-state index in [1.807, 2.05) is 24.3 Å². The fourth-order valence-electron chi connectivity index (χ4n) is 2.31. The lowest BCUT2D eigenvalue weighted by Crippen LogP contribution is -2.50. The van der Waals surface area contributed by atoms with Crippen LogP contribution in [0.5, 0.6) is 0 Å². The molecular formula is C14H12BrF3N4OS. The first-order chi connectivity index (χ1) is 11.3. The van der Waals surface area contributed by atoms with Gasteiger partial charge in [0.25, 0.3) is 0 Å². The number of hydrogen-bond donors (Lipinski definition) is 0. The molecule has 0 bridgehead atoms. The van der Waals surface area contributed by atoms with Gasteiger partial charge >= 0.3 is 6.18 Å². The standard InChI is InChI=1S/C14H12BrF3N4OS/c15-10-3-1-9(2-4-10)7-21-5-6-22(8-11(21)23)13-19-12(20-24-13)14(16,17)18/h1-4H,5-8H2. The SMILES string of the molecule is O=C1CN(c2nc(C(F)(F)F)ns2)CCN1Cc1ccc(Br)cc1. The van der Waals surface area contributed by atoms with Crippen LogP contribution >= 0.6 is 27.5 Å². The maximum Gasteiger partial charge on any atom is 0.452 e. The summed E-state index contributed by atoms with van der Waals surface area (Å²) >= 11 is 4.01. The van der Waals surface area contributed by atoms with Gasteiger partial charge in [-0.05, 0) is 17.7 Å². The molecular weight excluding hydrogens is 409 g/mol. The molecule has 1 aromatic heterocycles. The highest BCUT2D eigenvalue weighted by Gasteiger charge is 2.37. The number of anilines is 1. The van der Waals surface area contributed by atoms with Crippen molar-refractivity contribution in [2.75, 3.05) is 24.5 Å². The molecule has 1 aromatic carbocycles. The zero-order chi connectivity index (χ0) is 17.3. The van der Waals surface area contributed by atoms with Crippen molar-refractivity contribution in [2.24, 2.45) is 0 Å². The molecule has 0 spiro atoms. The van der Waals surface area contributed by atoms with Crippen molar-refractivity contribution in [2.45, 2.75) is 12.7 Å². The molecule has 0 aliphatic carbocycles. The fraction of sp³-hybridized carbons (Fsp3) is 0.357. The quantitative estimate of drug-likeness (QED) is 0.764. The minimum Gasteiger partial charge on any atom is -0.336 e. The highest BCUT2D eigenvalue weighted by Crippen LogP contribution is 2.30. The summed E-state index contributed by atoms with van der Waals surface area (Å²) in [7, 11) is 0. The summed E-state index contributed by atoms with van der Waals surface area (Å²) in [5.74, 6) is -1.31. The lowest BCUT2D eigenvalue weighted by atomic mass is 10.2. The van der Waals surface area contributed by atoms with Crippen LogP contribution in [0.4, 0.5) is 18.3 Å². The van der Waals surface area contributed by atoms with E-state index in [0.29, 0.717) is 31.2 Å². The first kappa shape index (κ1) is 17.2. The van der Waals surface area contributed by atoms with Crippen LogP contribution in [-0.2, 0) is 17.5 Å². The van der Waals surface area contributed by atoms with Gasteiger partial charge in [0.05, 0.1) is 6.54 Å². The molecule has 2 heterocycles. The Hall–Kier alpha value is -1.68. The highest BCUT2D eigenvalue weighted by molar-refractivity contribution is 9.10. The van der Waals surface area contributed by atoms with Crippen molar-refractivity contribution in [3.8, 4) is 0 Å². The number of carbonyl (C=O) groups is 1. The molecule has 1 saturated heterocycles. The second-order valence-corrected chi connectivity index (χ2v) is 6.91. The molecule has 1 aliphatic heterocycles. The lowest BCUT2D eigenvalue weighted by Gasteiger charge is -2.34. The van der Waals surface area contributed by atoms with Gasteiger partial charge in [-0.2, -0.15) is 22.5 Å². The number of alkyl halides is 3. The summed E-state index contributed by atoms with van der Waals surface area (Å²) in [5, 5.41) is 0.124. The average Bonchev–Trinajstić information content (AvgIpc) is 3.01. The molecule has 128 valence electrons.